The molecule has 1 N–H and O–H groups in total. The molecule has 2 heterocycles. The first-order valence-electron chi connectivity index (χ1n) is 9.42. The Bertz CT molecular complexity index is 896. The zero-order valence-electron chi connectivity index (χ0n) is 15.5. The summed E-state index contributed by atoms with van der Waals surface area (Å²) in [5.41, 5.74) is 3.65. The third kappa shape index (κ3) is 3.78. The molecule has 2 aromatic carbocycles. The van der Waals surface area contributed by atoms with Crippen LogP contribution in [0.3, 0.4) is 0 Å². The molecule has 0 spiro atoms. The number of nitrogens with one attached hydrogen (secondary N) is 1. The zero-order chi connectivity index (χ0) is 18.6. The molecule has 0 aliphatic carbocycles. The molecule has 5 nitrogen and oxygen atoms in total. The lowest BCUT2D eigenvalue weighted by Crippen LogP contribution is -2.30. The van der Waals surface area contributed by atoms with Crippen LogP contribution in [0.15, 0.2) is 66.9 Å². The molecule has 138 valence electrons. The summed E-state index contributed by atoms with van der Waals surface area (Å²) in [5, 5.41) is 7.90. The number of carbonyl (C=O) groups excluding carboxylic acids is 1. The fraction of sp³-hybridized carbons (Fsp3) is 0.273. The van der Waals surface area contributed by atoms with Gasteiger partial charge < -0.3 is 10.2 Å². The second-order valence-corrected chi connectivity index (χ2v) is 6.94. The van der Waals surface area contributed by atoms with E-state index in [0.717, 1.165) is 37.2 Å². The van der Waals surface area contributed by atoms with E-state index < -0.39 is 0 Å². The highest BCUT2D eigenvalue weighted by atomic mass is 16.2. The van der Waals surface area contributed by atoms with E-state index in [4.69, 9.17) is 0 Å². The van der Waals surface area contributed by atoms with Gasteiger partial charge in [0.05, 0.1) is 6.04 Å². The van der Waals surface area contributed by atoms with E-state index in [2.05, 4.69) is 22.5 Å². The molecular weight excluding hydrogens is 336 g/mol. The zero-order valence-corrected chi connectivity index (χ0v) is 15.5. The first-order chi connectivity index (χ1) is 13.2. The second-order valence-electron chi connectivity index (χ2n) is 6.94. The molecule has 1 aliphatic heterocycles. The SMILES string of the molecule is CN(C(=O)c1ccn(C2CCNCC2)n1)c1ccc(-c2ccccc2)cc1. The van der Waals surface area contributed by atoms with Gasteiger partial charge in [-0.3, -0.25) is 9.48 Å². The number of carbonyl (C=O) groups is 1. The third-order valence-electron chi connectivity index (χ3n) is 5.18. The third-order valence-corrected chi connectivity index (χ3v) is 5.18. The quantitative estimate of drug-likeness (QED) is 0.771. The Labute approximate surface area is 159 Å². The van der Waals surface area contributed by atoms with Gasteiger partial charge in [0.2, 0.25) is 0 Å². The van der Waals surface area contributed by atoms with Crippen molar-refractivity contribution < 1.29 is 4.79 Å². The Kier molecular flexibility index (Phi) is 5.03. The molecule has 3 aromatic rings. The number of piperidine rings is 1. The fourth-order valence-corrected chi connectivity index (χ4v) is 3.52. The number of nitrogens with zero attached hydrogens (tertiary/aromatic N) is 3. The molecule has 1 amide bonds. The van der Waals surface area contributed by atoms with Gasteiger partial charge in [-0.25, -0.2) is 0 Å². The molecule has 1 saturated heterocycles. The van der Waals surface area contributed by atoms with Gasteiger partial charge in [-0.1, -0.05) is 42.5 Å². The van der Waals surface area contributed by atoms with Gasteiger partial charge in [0.15, 0.2) is 5.69 Å². The van der Waals surface area contributed by atoms with E-state index >= 15 is 0 Å². The van der Waals surface area contributed by atoms with Crippen molar-refractivity contribution in [3.63, 3.8) is 0 Å². The van der Waals surface area contributed by atoms with Gasteiger partial charge in [0, 0.05) is 18.9 Å². The maximum atomic E-state index is 12.8. The molecule has 0 atom stereocenters. The molecule has 4 rings (SSSR count). The Hall–Kier alpha value is -2.92. The number of hydrogen-bond donors (Lipinski definition) is 1. The summed E-state index contributed by atoms with van der Waals surface area (Å²) in [7, 11) is 1.80. The average Bonchev–Trinajstić information content (AvgIpc) is 3.24. The highest BCUT2D eigenvalue weighted by Crippen LogP contribution is 2.24. The molecular formula is C22H24N4O. The summed E-state index contributed by atoms with van der Waals surface area (Å²) >= 11 is 0. The Morgan fingerprint density at radius 3 is 2.37 bits per heavy atom. The molecule has 0 saturated carbocycles. The van der Waals surface area contributed by atoms with E-state index in [-0.39, 0.29) is 5.91 Å². The Morgan fingerprint density at radius 1 is 1.00 bits per heavy atom. The number of rotatable bonds is 4. The summed E-state index contributed by atoms with van der Waals surface area (Å²) in [4.78, 5) is 14.5. The van der Waals surface area contributed by atoms with Crippen LogP contribution in [0.4, 0.5) is 5.69 Å². The first-order valence-corrected chi connectivity index (χ1v) is 9.42. The Morgan fingerprint density at radius 2 is 1.67 bits per heavy atom. The minimum absolute atomic E-state index is 0.0878. The number of amides is 1. The van der Waals surface area contributed by atoms with E-state index in [1.54, 1.807) is 11.9 Å². The van der Waals surface area contributed by atoms with E-state index in [1.807, 2.05) is 59.4 Å². The second kappa shape index (κ2) is 7.76. The predicted octanol–water partition coefficient (Wildman–Crippen LogP) is 3.75. The van der Waals surface area contributed by atoms with Crippen molar-refractivity contribution in [1.29, 1.82) is 0 Å². The molecule has 0 radical (unpaired) electrons. The van der Waals surface area contributed by atoms with Crippen molar-refractivity contribution in [1.82, 2.24) is 15.1 Å². The average molecular weight is 360 g/mol. The van der Waals surface area contributed by atoms with Crippen LogP contribution >= 0.6 is 0 Å². The van der Waals surface area contributed by atoms with Crippen molar-refractivity contribution >= 4 is 11.6 Å². The monoisotopic (exact) mass is 360 g/mol. The molecule has 0 unspecified atom stereocenters. The summed E-state index contributed by atoms with van der Waals surface area (Å²) in [6, 6.07) is 20.5. The van der Waals surface area contributed by atoms with Crippen LogP contribution in [0.2, 0.25) is 0 Å². The van der Waals surface area contributed by atoms with Crippen molar-refractivity contribution in [2.24, 2.45) is 0 Å². The standard InChI is InChI=1S/C22H24N4O/c1-25(19-9-7-18(8-10-19)17-5-3-2-4-6-17)22(27)21-13-16-26(24-21)20-11-14-23-15-12-20/h2-10,13,16,20,23H,11-12,14-15H2,1H3. The van der Waals surface area contributed by atoms with Gasteiger partial charge in [0.1, 0.15) is 0 Å². The van der Waals surface area contributed by atoms with E-state index in [0.29, 0.717) is 11.7 Å². The molecule has 1 fully saturated rings. The van der Waals surface area contributed by atoms with E-state index in [1.165, 1.54) is 5.56 Å². The van der Waals surface area contributed by atoms with Crippen molar-refractivity contribution in [3.8, 4) is 11.1 Å². The topological polar surface area (TPSA) is 50.2 Å². The molecule has 1 aromatic heterocycles. The minimum atomic E-state index is -0.0878. The van der Waals surface area contributed by atoms with Crippen molar-refractivity contribution in [2.45, 2.75) is 18.9 Å². The van der Waals surface area contributed by atoms with Gasteiger partial charge in [-0.2, -0.15) is 5.10 Å². The summed E-state index contributed by atoms with van der Waals surface area (Å²) < 4.78 is 1.94. The fourth-order valence-electron chi connectivity index (χ4n) is 3.52. The first kappa shape index (κ1) is 17.5. The number of anilines is 1. The van der Waals surface area contributed by atoms with Crippen molar-refractivity contribution in [2.75, 3.05) is 25.0 Å². The maximum absolute atomic E-state index is 12.8. The molecule has 1 aliphatic rings. The highest BCUT2D eigenvalue weighted by Gasteiger charge is 2.20. The minimum Gasteiger partial charge on any atom is -0.317 e. The van der Waals surface area contributed by atoms with Crippen molar-refractivity contribution in [3.05, 3.63) is 72.6 Å². The normalized spacial score (nSPS) is 14.9. The smallest absolute Gasteiger partial charge is 0.278 e. The summed E-state index contributed by atoms with van der Waals surface area (Å²) in [6.07, 6.45) is 4.02. The van der Waals surface area contributed by atoms with Crippen LogP contribution in [0.1, 0.15) is 29.4 Å². The van der Waals surface area contributed by atoms with Gasteiger partial charge in [-0.05, 0) is 55.3 Å². The lowest BCUT2D eigenvalue weighted by atomic mass is 10.1. The molecule has 5 heteroatoms. The molecule has 27 heavy (non-hydrogen) atoms. The highest BCUT2D eigenvalue weighted by molar-refractivity contribution is 6.04. The van der Waals surface area contributed by atoms with Crippen LogP contribution in [-0.2, 0) is 0 Å². The number of benzene rings is 2. The number of aromatic nitrogens is 2. The van der Waals surface area contributed by atoms with Crippen LogP contribution in [0.25, 0.3) is 11.1 Å². The van der Waals surface area contributed by atoms with Gasteiger partial charge >= 0.3 is 0 Å². The van der Waals surface area contributed by atoms with Crippen LogP contribution < -0.4 is 10.2 Å². The Balaban J connectivity index is 1.48. The van der Waals surface area contributed by atoms with Crippen LogP contribution in [-0.4, -0.2) is 35.8 Å². The number of hydrogen-bond acceptors (Lipinski definition) is 3. The summed E-state index contributed by atoms with van der Waals surface area (Å²) in [5.74, 6) is -0.0878. The molecule has 0 bridgehead atoms. The largest absolute Gasteiger partial charge is 0.317 e. The predicted molar refractivity (Wildman–Crippen MR) is 108 cm³/mol. The van der Waals surface area contributed by atoms with Crippen LogP contribution in [0.5, 0.6) is 0 Å². The van der Waals surface area contributed by atoms with Gasteiger partial charge in [-0.15, -0.1) is 0 Å². The summed E-state index contributed by atoms with van der Waals surface area (Å²) in [6.45, 7) is 2.00. The van der Waals surface area contributed by atoms with E-state index in [9.17, 15) is 4.79 Å². The lowest BCUT2D eigenvalue weighted by molar-refractivity contribution is 0.0987. The lowest BCUT2D eigenvalue weighted by Gasteiger charge is -2.23. The van der Waals surface area contributed by atoms with Gasteiger partial charge in [0.25, 0.3) is 5.91 Å². The van der Waals surface area contributed by atoms with Crippen LogP contribution in [0, 0.1) is 0 Å². The maximum Gasteiger partial charge on any atom is 0.278 e.